The molecule has 1 N–H and O–H groups in total. The van der Waals surface area contributed by atoms with Crippen LogP contribution in [0.15, 0.2) is 0 Å². The van der Waals surface area contributed by atoms with Gasteiger partial charge in [-0.15, -0.1) is 5.06 Å². The summed E-state index contributed by atoms with van der Waals surface area (Å²) in [5.74, 6) is -5.19. The molecule has 0 bridgehead atoms. The highest BCUT2D eigenvalue weighted by Crippen LogP contribution is 2.36. The van der Waals surface area contributed by atoms with E-state index in [1.807, 2.05) is 4.90 Å². The van der Waals surface area contributed by atoms with Crippen LogP contribution < -0.4 is 0 Å². The fraction of sp³-hybridized carbons (Fsp3) is 0.762. The number of hydroxylamine groups is 2. The van der Waals surface area contributed by atoms with E-state index >= 15 is 0 Å². The Bertz CT molecular complexity index is 784. The minimum atomic E-state index is -2.19. The number of hydrogen-bond acceptors (Lipinski definition) is 14. The molecule has 2 aliphatic rings. The van der Waals surface area contributed by atoms with Crippen LogP contribution in [-0.4, -0.2) is 115 Å². The lowest BCUT2D eigenvalue weighted by atomic mass is 9.89. The normalized spacial score (nSPS) is 29.5. The van der Waals surface area contributed by atoms with E-state index in [1.54, 1.807) is 0 Å². The molecule has 0 unspecified atom stereocenters. The van der Waals surface area contributed by atoms with Crippen molar-refractivity contribution < 1.29 is 57.6 Å². The van der Waals surface area contributed by atoms with Crippen molar-refractivity contribution in [2.45, 2.75) is 64.3 Å². The van der Waals surface area contributed by atoms with Gasteiger partial charge in [0.15, 0.2) is 18.3 Å². The van der Waals surface area contributed by atoms with Crippen LogP contribution in [0.1, 0.15) is 34.1 Å². The highest BCUT2D eigenvalue weighted by molar-refractivity contribution is 5.68. The number of ether oxygens (including phenoxy) is 5. The summed E-state index contributed by atoms with van der Waals surface area (Å²) in [5, 5.41) is 13.0. The van der Waals surface area contributed by atoms with Gasteiger partial charge in [-0.2, -0.15) is 0 Å². The second kappa shape index (κ2) is 12.8. The number of aliphatic hydroxyl groups is 1. The Morgan fingerprint density at radius 2 is 1.49 bits per heavy atom. The van der Waals surface area contributed by atoms with Crippen LogP contribution in [-0.2, 0) is 52.5 Å². The average molecular weight is 504 g/mol. The van der Waals surface area contributed by atoms with Crippen LogP contribution in [0.2, 0.25) is 0 Å². The SMILES string of the molecule is CC(=O)OC[C@H]1O[C@](O)(CCN2CCN(OC=O)CC2)[C@H](OC(C)=O)[C@@H](OC(C)=O)[C@@H]1OC(C)=O. The Balaban J connectivity index is 2.31. The summed E-state index contributed by atoms with van der Waals surface area (Å²) in [4.78, 5) is 64.3. The molecule has 0 amide bonds. The van der Waals surface area contributed by atoms with Gasteiger partial charge in [0.2, 0.25) is 5.79 Å². The minimum Gasteiger partial charge on any atom is -0.463 e. The lowest BCUT2D eigenvalue weighted by Crippen LogP contribution is -2.68. The number of nitrogens with zero attached hydrogens (tertiary/aromatic N) is 2. The molecular weight excluding hydrogens is 472 g/mol. The molecule has 2 rings (SSSR count). The van der Waals surface area contributed by atoms with Gasteiger partial charge in [-0.05, 0) is 0 Å². The van der Waals surface area contributed by atoms with Crippen molar-refractivity contribution in [2.24, 2.45) is 0 Å². The van der Waals surface area contributed by atoms with E-state index in [9.17, 15) is 29.1 Å². The van der Waals surface area contributed by atoms with Gasteiger partial charge in [0.05, 0.1) is 0 Å². The monoisotopic (exact) mass is 504 g/mol. The molecule has 0 aromatic carbocycles. The molecule has 14 nitrogen and oxygen atoms in total. The van der Waals surface area contributed by atoms with Crippen LogP contribution >= 0.6 is 0 Å². The average Bonchev–Trinajstić information content (AvgIpc) is 2.76. The van der Waals surface area contributed by atoms with Gasteiger partial charge in [0.25, 0.3) is 0 Å². The Morgan fingerprint density at radius 1 is 0.914 bits per heavy atom. The summed E-state index contributed by atoms with van der Waals surface area (Å²) in [6, 6.07) is 0. The van der Waals surface area contributed by atoms with E-state index in [0.29, 0.717) is 32.7 Å². The van der Waals surface area contributed by atoms with Crippen LogP contribution in [0, 0.1) is 0 Å². The molecule has 0 radical (unpaired) electrons. The molecule has 14 heteroatoms. The molecule has 0 aliphatic carbocycles. The molecule has 2 aliphatic heterocycles. The van der Waals surface area contributed by atoms with Gasteiger partial charge >= 0.3 is 30.3 Å². The van der Waals surface area contributed by atoms with Gasteiger partial charge in [0.1, 0.15) is 12.7 Å². The zero-order valence-corrected chi connectivity index (χ0v) is 20.2. The molecule has 0 aromatic heterocycles. The summed E-state index contributed by atoms with van der Waals surface area (Å²) in [6.45, 7) is 6.53. The minimum absolute atomic E-state index is 0.111. The quantitative estimate of drug-likeness (QED) is 0.208. The maximum absolute atomic E-state index is 11.9. The maximum atomic E-state index is 11.9. The van der Waals surface area contributed by atoms with E-state index < -0.39 is 60.7 Å². The smallest absolute Gasteiger partial charge is 0.312 e. The predicted molar refractivity (Wildman–Crippen MR) is 113 cm³/mol. The molecule has 0 saturated carbocycles. The van der Waals surface area contributed by atoms with Crippen molar-refractivity contribution in [1.29, 1.82) is 0 Å². The van der Waals surface area contributed by atoms with Crippen LogP contribution in [0.25, 0.3) is 0 Å². The largest absolute Gasteiger partial charge is 0.463 e. The number of piperazine rings is 1. The molecule has 2 heterocycles. The summed E-state index contributed by atoms with van der Waals surface area (Å²) in [5.41, 5.74) is 0. The Morgan fingerprint density at radius 3 is 2.00 bits per heavy atom. The first kappa shape index (κ1) is 28.4. The second-order valence-electron chi connectivity index (χ2n) is 8.20. The molecule has 198 valence electrons. The predicted octanol–water partition coefficient (Wildman–Crippen LogP) is -1.47. The van der Waals surface area contributed by atoms with E-state index in [-0.39, 0.29) is 13.0 Å². The lowest BCUT2D eigenvalue weighted by molar-refractivity contribution is -0.354. The van der Waals surface area contributed by atoms with Crippen molar-refractivity contribution in [2.75, 3.05) is 39.3 Å². The lowest BCUT2D eigenvalue weighted by Gasteiger charge is -2.49. The van der Waals surface area contributed by atoms with E-state index in [1.165, 1.54) is 5.06 Å². The number of rotatable bonds is 10. The van der Waals surface area contributed by atoms with Gasteiger partial charge in [-0.25, -0.2) is 0 Å². The summed E-state index contributed by atoms with van der Waals surface area (Å²) < 4.78 is 26.8. The van der Waals surface area contributed by atoms with Crippen molar-refractivity contribution >= 4 is 30.3 Å². The van der Waals surface area contributed by atoms with Crippen LogP contribution in [0.4, 0.5) is 0 Å². The van der Waals surface area contributed by atoms with E-state index in [4.69, 9.17) is 28.5 Å². The van der Waals surface area contributed by atoms with E-state index in [0.717, 1.165) is 27.7 Å². The fourth-order valence-electron chi connectivity index (χ4n) is 4.00. The third kappa shape index (κ3) is 8.42. The Hall–Kier alpha value is -2.81. The maximum Gasteiger partial charge on any atom is 0.312 e. The highest BCUT2D eigenvalue weighted by atomic mass is 16.7. The summed E-state index contributed by atoms with van der Waals surface area (Å²) in [7, 11) is 0. The first-order valence-corrected chi connectivity index (χ1v) is 11.1. The number of carbonyl (C=O) groups excluding carboxylic acids is 5. The zero-order valence-electron chi connectivity index (χ0n) is 20.2. The first-order chi connectivity index (χ1) is 16.4. The van der Waals surface area contributed by atoms with Crippen molar-refractivity contribution in [3.05, 3.63) is 0 Å². The van der Waals surface area contributed by atoms with Gasteiger partial charge in [-0.3, -0.25) is 24.0 Å². The number of carbonyl (C=O) groups is 5. The van der Waals surface area contributed by atoms with Gasteiger partial charge in [-0.1, -0.05) is 0 Å². The van der Waals surface area contributed by atoms with Crippen molar-refractivity contribution in [1.82, 2.24) is 9.96 Å². The Labute approximate surface area is 202 Å². The first-order valence-electron chi connectivity index (χ1n) is 11.1. The van der Waals surface area contributed by atoms with Crippen molar-refractivity contribution in [3.8, 4) is 0 Å². The molecule has 5 atom stereocenters. The number of hydrogen-bond donors (Lipinski definition) is 1. The van der Waals surface area contributed by atoms with E-state index in [2.05, 4.69) is 0 Å². The molecule has 0 aromatic rings. The third-order valence-electron chi connectivity index (χ3n) is 5.45. The molecule has 0 spiro atoms. The molecule has 2 fully saturated rings. The molecule has 2 saturated heterocycles. The second-order valence-corrected chi connectivity index (χ2v) is 8.20. The molecular formula is C21H32N2O12. The summed E-state index contributed by atoms with van der Waals surface area (Å²) in [6.07, 6.45) is -5.69. The zero-order chi connectivity index (χ0) is 26.2. The summed E-state index contributed by atoms with van der Waals surface area (Å²) >= 11 is 0. The van der Waals surface area contributed by atoms with Crippen molar-refractivity contribution in [3.63, 3.8) is 0 Å². The topological polar surface area (TPSA) is 167 Å². The fourth-order valence-corrected chi connectivity index (χ4v) is 4.00. The third-order valence-corrected chi connectivity index (χ3v) is 5.45. The Kier molecular flexibility index (Phi) is 10.4. The van der Waals surface area contributed by atoms with Crippen LogP contribution in [0.5, 0.6) is 0 Å². The number of esters is 4. The molecule has 35 heavy (non-hydrogen) atoms. The standard InChI is InChI=1S/C21H32N2O12/c1-13(25)30-11-17-18(32-14(2)26)19(33-15(3)27)20(34-16(4)28)21(29,35-17)5-6-22-7-9-23(10-8-22)31-12-24/h12,17-20,29H,5-11H2,1-4H3/t17-,18-,19+,20-,21-/m1/s1. The van der Waals surface area contributed by atoms with Gasteiger partial charge in [0, 0.05) is 66.8 Å². The highest BCUT2D eigenvalue weighted by Gasteiger charge is 2.59. The van der Waals surface area contributed by atoms with Crippen LogP contribution in [0.3, 0.4) is 0 Å². The van der Waals surface area contributed by atoms with Gasteiger partial charge < -0.3 is 38.5 Å².